The highest BCUT2D eigenvalue weighted by Crippen LogP contribution is 2.33. The monoisotopic (exact) mass is 357 g/mol. The zero-order valence-corrected chi connectivity index (χ0v) is 16.0. The summed E-state index contributed by atoms with van der Waals surface area (Å²) in [5, 5.41) is 8.22. The third kappa shape index (κ3) is 4.02. The maximum atomic E-state index is 5.94. The van der Waals surface area contributed by atoms with Gasteiger partial charge in [0.1, 0.15) is 11.4 Å². The molecule has 0 atom stereocenters. The van der Waals surface area contributed by atoms with Crippen molar-refractivity contribution in [1.29, 1.82) is 0 Å². The Morgan fingerprint density at radius 2 is 1.84 bits per heavy atom. The summed E-state index contributed by atoms with van der Waals surface area (Å²) < 4.78 is 11.3. The molecular weight excluding hydrogens is 334 g/mol. The van der Waals surface area contributed by atoms with E-state index in [9.17, 15) is 0 Å². The molecule has 2 heterocycles. The fourth-order valence-electron chi connectivity index (χ4n) is 2.48. The molecule has 0 fully saturated rings. The van der Waals surface area contributed by atoms with Gasteiger partial charge in [-0.25, -0.2) is 9.97 Å². The summed E-state index contributed by atoms with van der Waals surface area (Å²) in [6, 6.07) is 8.26. The van der Waals surface area contributed by atoms with Crippen LogP contribution in [0.5, 0.6) is 11.6 Å². The highest BCUT2D eigenvalue weighted by molar-refractivity contribution is 7.14. The van der Waals surface area contributed by atoms with E-state index in [1.165, 1.54) is 0 Å². The van der Waals surface area contributed by atoms with Gasteiger partial charge in [0.05, 0.1) is 18.9 Å². The number of thiazole rings is 1. The quantitative estimate of drug-likeness (QED) is 0.675. The van der Waals surface area contributed by atoms with E-state index in [1.807, 2.05) is 43.5 Å². The van der Waals surface area contributed by atoms with Crippen molar-refractivity contribution in [3.8, 4) is 23.0 Å². The summed E-state index contributed by atoms with van der Waals surface area (Å²) in [6.45, 7) is 8.18. The Hall–Kier alpha value is -2.34. The first-order valence-electron chi connectivity index (χ1n) is 8.34. The van der Waals surface area contributed by atoms with Gasteiger partial charge in [0.15, 0.2) is 5.13 Å². The number of nitrogens with zero attached hydrogens (tertiary/aromatic N) is 2. The molecular formula is C19H23N3O2S. The van der Waals surface area contributed by atoms with Crippen LogP contribution in [0.4, 0.5) is 5.13 Å². The fraction of sp³-hybridized carbons (Fsp3) is 0.368. The van der Waals surface area contributed by atoms with Gasteiger partial charge in [-0.2, -0.15) is 0 Å². The number of rotatable bonds is 6. The highest BCUT2D eigenvalue weighted by atomic mass is 32.1. The van der Waals surface area contributed by atoms with E-state index in [1.54, 1.807) is 18.4 Å². The largest absolute Gasteiger partial charge is 0.497 e. The average Bonchev–Trinajstić information content (AvgIpc) is 3.01. The van der Waals surface area contributed by atoms with Crippen molar-refractivity contribution in [2.45, 2.75) is 39.8 Å². The Morgan fingerprint density at radius 1 is 1.04 bits per heavy atom. The number of ether oxygens (including phenoxy) is 2. The molecule has 0 aliphatic carbocycles. The van der Waals surface area contributed by atoms with Crippen LogP contribution < -0.4 is 14.8 Å². The third-order valence-corrected chi connectivity index (χ3v) is 4.30. The number of methoxy groups -OCH3 is 1. The smallest absolute Gasteiger partial charge is 0.222 e. The van der Waals surface area contributed by atoms with Gasteiger partial charge in [0.25, 0.3) is 0 Å². The Kier molecular flexibility index (Phi) is 5.08. The van der Waals surface area contributed by atoms with Crippen LogP contribution in [-0.2, 0) is 0 Å². The van der Waals surface area contributed by atoms with Crippen LogP contribution in [0.15, 0.2) is 29.6 Å². The first kappa shape index (κ1) is 17.5. The van der Waals surface area contributed by atoms with Gasteiger partial charge >= 0.3 is 0 Å². The third-order valence-electron chi connectivity index (χ3n) is 3.53. The molecule has 0 radical (unpaired) electrons. The number of hydrogen-bond donors (Lipinski definition) is 1. The standard InChI is InChI=1S/C19H23N3O2S/c1-11(2)20-19-22-17(10-25-19)16-9-13-8-14(23-5)6-7-15(13)18(21-16)24-12(3)4/h6-12H,1-5H3,(H,20,22). The van der Waals surface area contributed by atoms with Crippen molar-refractivity contribution < 1.29 is 9.47 Å². The molecule has 3 aromatic rings. The molecule has 132 valence electrons. The second kappa shape index (κ2) is 7.27. The van der Waals surface area contributed by atoms with E-state index in [0.29, 0.717) is 11.9 Å². The summed E-state index contributed by atoms with van der Waals surface area (Å²) >= 11 is 1.58. The Labute approximate surface area is 152 Å². The van der Waals surface area contributed by atoms with E-state index in [4.69, 9.17) is 14.5 Å². The zero-order chi connectivity index (χ0) is 18.0. The lowest BCUT2D eigenvalue weighted by Gasteiger charge is -2.13. The molecule has 0 unspecified atom stereocenters. The van der Waals surface area contributed by atoms with Crippen LogP contribution in [0.2, 0.25) is 0 Å². The molecule has 0 saturated heterocycles. The van der Waals surface area contributed by atoms with Gasteiger partial charge in [0.2, 0.25) is 5.88 Å². The molecule has 3 rings (SSSR count). The summed E-state index contributed by atoms with van der Waals surface area (Å²) in [5.41, 5.74) is 1.64. The van der Waals surface area contributed by atoms with E-state index in [-0.39, 0.29) is 6.10 Å². The summed E-state index contributed by atoms with van der Waals surface area (Å²) in [5.74, 6) is 1.43. The first-order chi connectivity index (χ1) is 12.0. The predicted octanol–water partition coefficient (Wildman–Crippen LogP) is 4.97. The number of nitrogens with one attached hydrogen (secondary N) is 1. The average molecular weight is 357 g/mol. The van der Waals surface area contributed by atoms with E-state index >= 15 is 0 Å². The fourth-order valence-corrected chi connectivity index (χ4v) is 3.33. The number of fused-ring (bicyclic) bond motifs is 1. The number of pyridine rings is 1. The first-order valence-corrected chi connectivity index (χ1v) is 9.22. The number of hydrogen-bond acceptors (Lipinski definition) is 6. The summed E-state index contributed by atoms with van der Waals surface area (Å²) in [7, 11) is 1.67. The molecule has 25 heavy (non-hydrogen) atoms. The SMILES string of the molecule is COc1ccc2c(OC(C)C)nc(-c3csc(NC(C)C)n3)cc2c1. The van der Waals surface area contributed by atoms with Crippen LogP contribution in [0.1, 0.15) is 27.7 Å². The predicted molar refractivity (Wildman–Crippen MR) is 104 cm³/mol. The van der Waals surface area contributed by atoms with Crippen molar-refractivity contribution >= 4 is 27.2 Å². The topological polar surface area (TPSA) is 56.3 Å². The van der Waals surface area contributed by atoms with Gasteiger partial charge in [-0.05, 0) is 57.3 Å². The molecule has 0 aliphatic rings. The van der Waals surface area contributed by atoms with Crippen molar-refractivity contribution in [3.05, 3.63) is 29.6 Å². The number of aromatic nitrogens is 2. The lowest BCUT2D eigenvalue weighted by molar-refractivity contribution is 0.236. The molecule has 1 aromatic carbocycles. The molecule has 0 saturated carbocycles. The highest BCUT2D eigenvalue weighted by Gasteiger charge is 2.13. The second-order valence-electron chi connectivity index (χ2n) is 6.40. The molecule has 0 amide bonds. The summed E-state index contributed by atoms with van der Waals surface area (Å²) in [6.07, 6.45) is 0.0432. The van der Waals surface area contributed by atoms with Crippen molar-refractivity contribution in [2.24, 2.45) is 0 Å². The van der Waals surface area contributed by atoms with Crippen molar-refractivity contribution in [1.82, 2.24) is 9.97 Å². The molecule has 1 N–H and O–H groups in total. The van der Waals surface area contributed by atoms with Gasteiger partial charge in [-0.15, -0.1) is 11.3 Å². The van der Waals surface area contributed by atoms with Crippen LogP contribution in [0.3, 0.4) is 0 Å². The van der Waals surface area contributed by atoms with Crippen molar-refractivity contribution in [3.63, 3.8) is 0 Å². The minimum Gasteiger partial charge on any atom is -0.497 e. The molecule has 6 heteroatoms. The Balaban J connectivity index is 2.09. The van der Waals surface area contributed by atoms with Gasteiger partial charge in [-0.3, -0.25) is 0 Å². The second-order valence-corrected chi connectivity index (χ2v) is 7.26. The Morgan fingerprint density at radius 3 is 2.52 bits per heavy atom. The Bertz CT molecular complexity index is 874. The lowest BCUT2D eigenvalue weighted by Crippen LogP contribution is -2.09. The number of benzene rings is 1. The minimum atomic E-state index is 0.0432. The summed E-state index contributed by atoms with van der Waals surface area (Å²) in [4.78, 5) is 9.36. The van der Waals surface area contributed by atoms with Crippen LogP contribution in [-0.4, -0.2) is 29.2 Å². The van der Waals surface area contributed by atoms with Gasteiger partial charge in [-0.1, -0.05) is 0 Å². The maximum absolute atomic E-state index is 5.94. The molecule has 2 aromatic heterocycles. The molecule has 0 spiro atoms. The maximum Gasteiger partial charge on any atom is 0.222 e. The minimum absolute atomic E-state index is 0.0432. The van der Waals surface area contributed by atoms with Crippen molar-refractivity contribution in [2.75, 3.05) is 12.4 Å². The molecule has 5 nitrogen and oxygen atoms in total. The van der Waals surface area contributed by atoms with Crippen LogP contribution >= 0.6 is 11.3 Å². The van der Waals surface area contributed by atoms with Gasteiger partial charge < -0.3 is 14.8 Å². The molecule has 0 aliphatic heterocycles. The van der Waals surface area contributed by atoms with E-state index < -0.39 is 0 Å². The molecule has 0 bridgehead atoms. The normalized spacial score (nSPS) is 11.3. The van der Waals surface area contributed by atoms with Gasteiger partial charge in [0, 0.05) is 16.8 Å². The van der Waals surface area contributed by atoms with E-state index in [2.05, 4.69) is 24.1 Å². The van der Waals surface area contributed by atoms with E-state index in [0.717, 1.165) is 33.0 Å². The lowest BCUT2D eigenvalue weighted by atomic mass is 10.1. The van der Waals surface area contributed by atoms with Crippen LogP contribution in [0, 0.1) is 0 Å². The van der Waals surface area contributed by atoms with Crippen LogP contribution in [0.25, 0.3) is 22.2 Å². The number of anilines is 1. The zero-order valence-electron chi connectivity index (χ0n) is 15.2.